The normalized spacial score (nSPS) is 14.6. The first kappa shape index (κ1) is 34.8. The third kappa shape index (κ3) is 5.20. The second-order valence-electron chi connectivity index (χ2n) is 17.3. The molecular formula is C58H44N2. The molecule has 0 atom stereocenters. The molecule has 1 saturated carbocycles. The van der Waals surface area contributed by atoms with Crippen LogP contribution >= 0.6 is 0 Å². The molecule has 1 spiro atoms. The fourth-order valence-electron chi connectivity index (χ4n) is 10.6. The van der Waals surface area contributed by atoms with E-state index in [4.69, 9.17) is 0 Å². The van der Waals surface area contributed by atoms with E-state index in [1.807, 2.05) is 0 Å². The number of nitrogens with zero attached hydrogens (tertiary/aromatic N) is 2. The van der Waals surface area contributed by atoms with Crippen molar-refractivity contribution in [3.63, 3.8) is 0 Å². The van der Waals surface area contributed by atoms with Crippen molar-refractivity contribution < 1.29 is 0 Å². The smallest absolute Gasteiger partial charge is 0.0540 e. The van der Waals surface area contributed by atoms with E-state index < -0.39 is 0 Å². The van der Waals surface area contributed by atoms with Crippen LogP contribution < -0.4 is 9.80 Å². The second kappa shape index (κ2) is 13.2. The zero-order valence-electron chi connectivity index (χ0n) is 33.9. The highest BCUT2D eigenvalue weighted by molar-refractivity contribution is 6.10. The van der Waals surface area contributed by atoms with Crippen molar-refractivity contribution in [2.45, 2.75) is 37.5 Å². The molecule has 12 rings (SSSR count). The van der Waals surface area contributed by atoms with Gasteiger partial charge in [0.05, 0.1) is 5.69 Å². The van der Waals surface area contributed by atoms with E-state index in [9.17, 15) is 0 Å². The highest BCUT2D eigenvalue weighted by atomic mass is 15.1. The summed E-state index contributed by atoms with van der Waals surface area (Å²) in [6.07, 6.45) is 2.34. The van der Waals surface area contributed by atoms with Gasteiger partial charge in [-0.15, -0.1) is 0 Å². The minimum atomic E-state index is -0.165. The monoisotopic (exact) mass is 768 g/mol. The molecule has 0 radical (unpaired) electrons. The number of rotatable bonds is 7. The second-order valence-corrected chi connectivity index (χ2v) is 17.3. The van der Waals surface area contributed by atoms with Gasteiger partial charge in [0, 0.05) is 44.7 Å². The molecule has 0 unspecified atom stereocenters. The van der Waals surface area contributed by atoms with Crippen LogP contribution in [0.4, 0.5) is 34.1 Å². The van der Waals surface area contributed by atoms with Crippen molar-refractivity contribution in [3.05, 3.63) is 229 Å². The van der Waals surface area contributed by atoms with Crippen LogP contribution in [0.25, 0.3) is 44.2 Å². The first-order valence-electron chi connectivity index (χ1n) is 21.3. The molecule has 0 N–H and O–H groups in total. The number of anilines is 6. The number of hydrogen-bond acceptors (Lipinski definition) is 2. The van der Waals surface area contributed by atoms with Crippen LogP contribution in [0.2, 0.25) is 0 Å². The topological polar surface area (TPSA) is 6.48 Å². The Bertz CT molecular complexity index is 3030. The Balaban J connectivity index is 0.940. The van der Waals surface area contributed by atoms with Crippen molar-refractivity contribution in [1.82, 2.24) is 0 Å². The van der Waals surface area contributed by atoms with Gasteiger partial charge in [0.15, 0.2) is 0 Å². The van der Waals surface area contributed by atoms with Gasteiger partial charge in [-0.1, -0.05) is 141 Å². The van der Waals surface area contributed by atoms with Gasteiger partial charge in [-0.25, -0.2) is 0 Å². The molecule has 9 aromatic rings. The van der Waals surface area contributed by atoms with E-state index in [1.165, 1.54) is 90.6 Å². The largest absolute Gasteiger partial charge is 0.310 e. The van der Waals surface area contributed by atoms with Gasteiger partial charge in [-0.05, 0) is 153 Å². The minimum absolute atomic E-state index is 0.0345. The van der Waals surface area contributed by atoms with E-state index >= 15 is 0 Å². The summed E-state index contributed by atoms with van der Waals surface area (Å²) in [6, 6.07) is 76.3. The Morgan fingerprint density at radius 1 is 0.350 bits per heavy atom. The summed E-state index contributed by atoms with van der Waals surface area (Å²) in [5.74, 6) is 0. The third-order valence-corrected chi connectivity index (χ3v) is 13.7. The van der Waals surface area contributed by atoms with Crippen LogP contribution in [0, 0.1) is 0 Å². The summed E-state index contributed by atoms with van der Waals surface area (Å²) in [4.78, 5) is 4.78. The van der Waals surface area contributed by atoms with E-state index in [0.717, 1.165) is 22.7 Å². The maximum absolute atomic E-state index is 2.53. The lowest BCUT2D eigenvalue weighted by Crippen LogP contribution is -2.17. The van der Waals surface area contributed by atoms with E-state index in [2.05, 4.69) is 230 Å². The summed E-state index contributed by atoms with van der Waals surface area (Å²) in [6.45, 7) is 4.80. The molecular weight excluding hydrogens is 725 g/mol. The Kier molecular flexibility index (Phi) is 7.65. The summed E-state index contributed by atoms with van der Waals surface area (Å²) in [5, 5.41) is 2.71. The Morgan fingerprint density at radius 3 is 1.38 bits per heavy atom. The average Bonchev–Trinajstić information content (AvgIpc) is 4.07. The minimum Gasteiger partial charge on any atom is -0.310 e. The van der Waals surface area contributed by atoms with Crippen LogP contribution in [0.15, 0.2) is 206 Å². The molecule has 0 aliphatic heterocycles. The lowest BCUT2D eigenvalue weighted by atomic mass is 9.73. The first-order valence-corrected chi connectivity index (χ1v) is 21.3. The molecule has 9 aromatic carbocycles. The number of para-hydroxylation sites is 4. The van der Waals surface area contributed by atoms with Crippen molar-refractivity contribution in [2.75, 3.05) is 9.80 Å². The molecule has 2 heteroatoms. The fourth-order valence-corrected chi connectivity index (χ4v) is 10.6. The van der Waals surface area contributed by atoms with Gasteiger partial charge in [0.1, 0.15) is 0 Å². The number of fused-ring (bicyclic) bond motifs is 7. The van der Waals surface area contributed by atoms with Gasteiger partial charge in [-0.2, -0.15) is 0 Å². The van der Waals surface area contributed by atoms with Crippen LogP contribution in [0.1, 0.15) is 48.9 Å². The van der Waals surface area contributed by atoms with Crippen LogP contribution in [-0.2, 0) is 10.8 Å². The maximum Gasteiger partial charge on any atom is 0.0540 e. The molecule has 286 valence electrons. The highest BCUT2D eigenvalue weighted by Crippen LogP contribution is 2.63. The Morgan fingerprint density at radius 2 is 0.833 bits per heavy atom. The van der Waals surface area contributed by atoms with Gasteiger partial charge >= 0.3 is 0 Å². The van der Waals surface area contributed by atoms with Crippen molar-refractivity contribution in [2.24, 2.45) is 0 Å². The van der Waals surface area contributed by atoms with Crippen LogP contribution in [0.3, 0.4) is 0 Å². The number of benzene rings is 9. The molecule has 0 heterocycles. The molecule has 60 heavy (non-hydrogen) atoms. The highest BCUT2D eigenvalue weighted by Gasteiger charge is 2.50. The zero-order valence-corrected chi connectivity index (χ0v) is 33.9. The molecule has 0 amide bonds. The van der Waals surface area contributed by atoms with Crippen molar-refractivity contribution in [3.8, 4) is 33.4 Å². The quantitative estimate of drug-likeness (QED) is 0.159. The summed E-state index contributed by atoms with van der Waals surface area (Å²) < 4.78 is 0. The van der Waals surface area contributed by atoms with Gasteiger partial charge < -0.3 is 9.80 Å². The van der Waals surface area contributed by atoms with E-state index in [1.54, 1.807) is 0 Å². The average molecular weight is 769 g/mol. The van der Waals surface area contributed by atoms with Gasteiger partial charge in [0.25, 0.3) is 0 Å². The van der Waals surface area contributed by atoms with E-state index in [-0.39, 0.29) is 10.8 Å². The molecule has 0 aromatic heterocycles. The van der Waals surface area contributed by atoms with Gasteiger partial charge in [0.2, 0.25) is 0 Å². The van der Waals surface area contributed by atoms with Crippen molar-refractivity contribution in [1.29, 1.82) is 0 Å². The van der Waals surface area contributed by atoms with Gasteiger partial charge in [-0.3, -0.25) is 0 Å². The molecule has 1 fully saturated rings. The molecule has 3 aliphatic rings. The molecule has 3 aliphatic carbocycles. The van der Waals surface area contributed by atoms with Crippen LogP contribution in [0.5, 0.6) is 0 Å². The third-order valence-electron chi connectivity index (χ3n) is 13.7. The Hall–Kier alpha value is -7.16. The lowest BCUT2D eigenvalue weighted by molar-refractivity contribution is 0.660. The first-order chi connectivity index (χ1) is 29.5. The predicted molar refractivity (Wildman–Crippen MR) is 252 cm³/mol. The summed E-state index contributed by atoms with van der Waals surface area (Å²) in [5.41, 5.74) is 20.6. The van der Waals surface area contributed by atoms with Crippen LogP contribution in [-0.4, -0.2) is 0 Å². The van der Waals surface area contributed by atoms with E-state index in [0.29, 0.717) is 0 Å². The summed E-state index contributed by atoms with van der Waals surface area (Å²) >= 11 is 0. The molecule has 0 bridgehead atoms. The molecule has 0 saturated heterocycles. The van der Waals surface area contributed by atoms with Crippen molar-refractivity contribution >= 4 is 44.9 Å². The lowest BCUT2D eigenvalue weighted by Gasteiger charge is -2.33. The Labute approximate surface area is 352 Å². The summed E-state index contributed by atoms with van der Waals surface area (Å²) in [7, 11) is 0. The maximum atomic E-state index is 2.53. The fraction of sp³-hybridized carbons (Fsp3) is 0.103. The number of hydrogen-bond donors (Lipinski definition) is 0. The predicted octanol–water partition coefficient (Wildman–Crippen LogP) is 15.8. The molecule has 2 nitrogen and oxygen atoms in total. The standard InChI is InChI=1S/C58H44N2/c1-57(2)52-36-39(26-29-46(52)47-31-28-45(38-53(47)57)59(41-16-7-3-8-17-41)42-18-9-4-10-19-42)40-27-30-48-49-24-15-25-50-55(33-32-51(56(49)50)58(34-35-58)54(48)37-40)60(43-20-11-5-12-21-43)44-22-13-6-14-23-44/h3-33,36-38H,34-35H2,1-2H3. The zero-order chi connectivity index (χ0) is 40.0. The SMILES string of the molecule is CC1(C)c2cc(-c3ccc4c(c3)C3(CC3)c3ccc(N(c5ccccc5)c5ccccc5)c5cccc-4c35)ccc2-c2ccc(N(c3ccccc3)c3ccccc3)cc21.